The van der Waals surface area contributed by atoms with E-state index < -0.39 is 6.61 Å². The Morgan fingerprint density at radius 3 is 2.76 bits per heavy atom. The average molecular weight is 355 g/mol. The quantitative estimate of drug-likeness (QED) is 0.719. The zero-order chi connectivity index (χ0) is 18.2. The van der Waals surface area contributed by atoms with E-state index in [1.54, 1.807) is 24.5 Å². The number of halogens is 2. The van der Waals surface area contributed by atoms with E-state index in [9.17, 15) is 13.6 Å². The summed E-state index contributed by atoms with van der Waals surface area (Å²) >= 11 is 0. The van der Waals surface area contributed by atoms with Gasteiger partial charge in [-0.25, -0.2) is 0 Å². The molecule has 3 N–H and O–H groups in total. The third kappa shape index (κ3) is 5.75. The van der Waals surface area contributed by atoms with E-state index >= 15 is 0 Å². The van der Waals surface area contributed by atoms with Gasteiger partial charge < -0.3 is 24.5 Å². The van der Waals surface area contributed by atoms with Crippen LogP contribution in [0.5, 0.6) is 11.5 Å². The van der Waals surface area contributed by atoms with Gasteiger partial charge in [0.15, 0.2) is 23.8 Å². The Labute approximate surface area is 144 Å². The van der Waals surface area contributed by atoms with E-state index in [1.165, 1.54) is 13.2 Å². The van der Waals surface area contributed by atoms with Gasteiger partial charge in [-0.3, -0.25) is 4.79 Å². The summed E-state index contributed by atoms with van der Waals surface area (Å²) in [5.74, 6) is 0.788. The molecule has 0 aliphatic carbocycles. The lowest BCUT2D eigenvalue weighted by Crippen LogP contribution is -2.86. The highest BCUT2D eigenvalue weighted by Crippen LogP contribution is 2.29. The van der Waals surface area contributed by atoms with Gasteiger partial charge in [0.25, 0.3) is 5.91 Å². The molecule has 0 spiro atoms. The summed E-state index contributed by atoms with van der Waals surface area (Å²) < 4.78 is 39.3. The number of nitrogens with one attached hydrogen (secondary N) is 1. The summed E-state index contributed by atoms with van der Waals surface area (Å²) in [5, 5.41) is 4.62. The first-order valence-corrected chi connectivity index (χ1v) is 7.74. The van der Waals surface area contributed by atoms with E-state index in [0.29, 0.717) is 5.56 Å². The Balaban J connectivity index is 1.82. The fourth-order valence-corrected chi connectivity index (χ4v) is 2.24. The number of quaternary nitrogens is 1. The van der Waals surface area contributed by atoms with Gasteiger partial charge in [-0.2, -0.15) is 8.78 Å². The van der Waals surface area contributed by atoms with Crippen molar-refractivity contribution < 1.29 is 32.8 Å². The van der Waals surface area contributed by atoms with Crippen molar-refractivity contribution in [1.82, 2.24) is 5.32 Å². The monoisotopic (exact) mass is 355 g/mol. The van der Waals surface area contributed by atoms with Gasteiger partial charge >= 0.3 is 6.61 Å². The first-order valence-electron chi connectivity index (χ1n) is 7.74. The second kappa shape index (κ2) is 9.03. The highest BCUT2D eigenvalue weighted by Gasteiger charge is 2.14. The molecule has 1 heterocycles. The number of nitrogens with two attached hydrogens (primary N) is 1. The number of methoxy groups -OCH3 is 1. The van der Waals surface area contributed by atoms with E-state index in [1.807, 2.05) is 18.3 Å². The number of furan rings is 1. The van der Waals surface area contributed by atoms with Crippen LogP contribution in [0, 0.1) is 0 Å². The molecule has 1 amide bonds. The van der Waals surface area contributed by atoms with Crippen molar-refractivity contribution >= 4 is 5.91 Å². The molecule has 0 radical (unpaired) electrons. The molecular weight excluding hydrogens is 334 g/mol. The molecule has 0 fully saturated rings. The summed E-state index contributed by atoms with van der Waals surface area (Å²) in [6.45, 7) is -0.483. The minimum atomic E-state index is -2.92. The largest absolute Gasteiger partial charge is 0.493 e. The fraction of sp³-hybridized carbons (Fsp3) is 0.353. The van der Waals surface area contributed by atoms with Gasteiger partial charge in [0, 0.05) is 6.54 Å². The van der Waals surface area contributed by atoms with Crippen LogP contribution >= 0.6 is 0 Å². The molecule has 136 valence electrons. The second-order valence-corrected chi connectivity index (χ2v) is 5.38. The molecule has 1 aromatic heterocycles. The zero-order valence-corrected chi connectivity index (χ0v) is 14.0. The van der Waals surface area contributed by atoms with Gasteiger partial charge in [-0.1, -0.05) is 6.07 Å². The second-order valence-electron chi connectivity index (χ2n) is 5.38. The molecule has 25 heavy (non-hydrogen) atoms. The smallest absolute Gasteiger partial charge is 0.387 e. The Morgan fingerprint density at radius 2 is 2.12 bits per heavy atom. The molecule has 0 saturated carbocycles. The molecule has 0 unspecified atom stereocenters. The van der Waals surface area contributed by atoms with Crippen LogP contribution in [-0.4, -0.2) is 26.2 Å². The van der Waals surface area contributed by atoms with Crippen molar-refractivity contribution in [3.63, 3.8) is 0 Å². The van der Waals surface area contributed by atoms with E-state index in [-0.39, 0.29) is 36.5 Å². The highest BCUT2D eigenvalue weighted by atomic mass is 19.3. The SMILES string of the molecule is COc1cc(CNC(=O)C[NH2+][C@@H](C)c2ccco2)ccc1OC(F)F. The Bertz CT molecular complexity index is 677. The number of rotatable bonds is 9. The number of hydrogen-bond acceptors (Lipinski definition) is 4. The van der Waals surface area contributed by atoms with Crippen molar-refractivity contribution in [3.05, 3.63) is 47.9 Å². The fourth-order valence-electron chi connectivity index (χ4n) is 2.24. The van der Waals surface area contributed by atoms with Gasteiger partial charge in [0.2, 0.25) is 0 Å². The summed E-state index contributed by atoms with van der Waals surface area (Å²) in [7, 11) is 1.36. The van der Waals surface area contributed by atoms with Crippen LogP contribution in [0.4, 0.5) is 8.78 Å². The third-order valence-electron chi connectivity index (χ3n) is 3.58. The number of alkyl halides is 2. The topological polar surface area (TPSA) is 77.3 Å². The maximum Gasteiger partial charge on any atom is 0.387 e. The lowest BCUT2D eigenvalue weighted by molar-refractivity contribution is -0.684. The Hall–Kier alpha value is -2.61. The van der Waals surface area contributed by atoms with E-state index in [2.05, 4.69) is 10.1 Å². The summed E-state index contributed by atoms with van der Waals surface area (Å²) in [6, 6.07) is 8.22. The number of hydrogen-bond donors (Lipinski definition) is 2. The molecule has 2 aromatic rings. The minimum absolute atomic E-state index is 0.0339. The number of carbonyl (C=O) groups is 1. The summed E-state index contributed by atoms with van der Waals surface area (Å²) in [6.07, 6.45) is 1.59. The van der Waals surface area contributed by atoms with Crippen LogP contribution in [0.3, 0.4) is 0 Å². The van der Waals surface area contributed by atoms with Crippen molar-refractivity contribution in [2.75, 3.05) is 13.7 Å². The molecule has 0 aliphatic heterocycles. The van der Waals surface area contributed by atoms with Crippen LogP contribution < -0.4 is 20.1 Å². The van der Waals surface area contributed by atoms with Crippen molar-refractivity contribution in [2.24, 2.45) is 0 Å². The first-order chi connectivity index (χ1) is 12.0. The Kier molecular flexibility index (Phi) is 6.76. The van der Waals surface area contributed by atoms with Crippen LogP contribution in [-0.2, 0) is 11.3 Å². The number of ether oxygens (including phenoxy) is 2. The van der Waals surface area contributed by atoms with Crippen LogP contribution in [0.15, 0.2) is 41.0 Å². The standard InChI is InChI=1S/C17H20F2N2O4/c1-11(13-4-3-7-24-13)20-10-16(22)21-9-12-5-6-14(25-17(18)19)15(8-12)23-2/h3-8,11,17,20H,9-10H2,1-2H3,(H,21,22)/p+1/t11-/m0/s1. The Morgan fingerprint density at radius 1 is 1.32 bits per heavy atom. The molecule has 2 rings (SSSR count). The van der Waals surface area contributed by atoms with Gasteiger partial charge in [-0.05, 0) is 36.8 Å². The highest BCUT2D eigenvalue weighted by molar-refractivity contribution is 5.76. The third-order valence-corrected chi connectivity index (χ3v) is 3.58. The number of amides is 1. The van der Waals surface area contributed by atoms with Crippen molar-refractivity contribution in [2.45, 2.75) is 26.1 Å². The van der Waals surface area contributed by atoms with E-state index in [4.69, 9.17) is 9.15 Å². The van der Waals surface area contributed by atoms with Gasteiger partial charge in [0.05, 0.1) is 13.4 Å². The normalized spacial score (nSPS) is 12.0. The molecule has 0 bridgehead atoms. The summed E-state index contributed by atoms with van der Waals surface area (Å²) in [4.78, 5) is 11.9. The maximum absolute atomic E-state index is 12.3. The van der Waals surface area contributed by atoms with Crippen LogP contribution in [0.2, 0.25) is 0 Å². The predicted octanol–water partition coefficient (Wildman–Crippen LogP) is 1.83. The number of benzene rings is 1. The number of carbonyl (C=O) groups excluding carboxylic acids is 1. The molecule has 1 atom stereocenters. The lowest BCUT2D eigenvalue weighted by atomic mass is 10.2. The average Bonchev–Trinajstić information content (AvgIpc) is 3.13. The van der Waals surface area contributed by atoms with Crippen molar-refractivity contribution in [1.29, 1.82) is 0 Å². The molecule has 1 aromatic carbocycles. The predicted molar refractivity (Wildman–Crippen MR) is 85.4 cm³/mol. The molecular formula is C17H21F2N2O4+. The van der Waals surface area contributed by atoms with Crippen LogP contribution in [0.25, 0.3) is 0 Å². The van der Waals surface area contributed by atoms with Gasteiger partial charge in [0.1, 0.15) is 6.04 Å². The molecule has 8 heteroatoms. The molecule has 0 aliphatic rings. The zero-order valence-electron chi connectivity index (χ0n) is 14.0. The molecule has 0 saturated heterocycles. The minimum Gasteiger partial charge on any atom is -0.493 e. The lowest BCUT2D eigenvalue weighted by Gasteiger charge is -2.12. The van der Waals surface area contributed by atoms with Crippen molar-refractivity contribution in [3.8, 4) is 11.5 Å². The molecule has 6 nitrogen and oxygen atoms in total. The first kappa shape index (κ1) is 18.7. The maximum atomic E-state index is 12.3. The van der Waals surface area contributed by atoms with Gasteiger partial charge in [-0.15, -0.1) is 0 Å². The van der Waals surface area contributed by atoms with E-state index in [0.717, 1.165) is 5.76 Å². The summed E-state index contributed by atoms with van der Waals surface area (Å²) in [5.41, 5.74) is 0.714. The van der Waals surface area contributed by atoms with Crippen LogP contribution in [0.1, 0.15) is 24.3 Å².